The van der Waals surface area contributed by atoms with Crippen LogP contribution in [-0.4, -0.2) is 70.1 Å². The summed E-state index contributed by atoms with van der Waals surface area (Å²) in [6, 6.07) is 3.12. The Bertz CT molecular complexity index is 651. The Hall–Kier alpha value is -0.980. The summed E-state index contributed by atoms with van der Waals surface area (Å²) in [5.74, 6) is 0.713. The molecule has 1 saturated heterocycles. The fourth-order valence-corrected chi connectivity index (χ4v) is 3.78. The minimum atomic E-state index is -3.53. The van der Waals surface area contributed by atoms with E-state index >= 15 is 0 Å². The molecule has 1 aromatic rings. The fourth-order valence-electron chi connectivity index (χ4n) is 2.79. The zero-order valence-electron chi connectivity index (χ0n) is 15.9. The van der Waals surface area contributed by atoms with Crippen LogP contribution in [0.25, 0.3) is 0 Å². The molecule has 1 aliphatic rings. The van der Waals surface area contributed by atoms with Gasteiger partial charge in [-0.2, -0.15) is 0 Å². The first-order chi connectivity index (χ1) is 12.6. The summed E-state index contributed by atoms with van der Waals surface area (Å²) >= 11 is 0. The number of aliphatic imine (C=N–C) groups is 1. The third-order valence-electron chi connectivity index (χ3n) is 4.13. The van der Waals surface area contributed by atoms with Crippen molar-refractivity contribution < 1.29 is 8.42 Å². The van der Waals surface area contributed by atoms with Crippen molar-refractivity contribution in [1.82, 2.24) is 25.2 Å². The van der Waals surface area contributed by atoms with E-state index in [-0.39, 0.29) is 35.4 Å². The van der Waals surface area contributed by atoms with Crippen molar-refractivity contribution >= 4 is 40.0 Å². The van der Waals surface area contributed by atoms with E-state index in [4.69, 9.17) is 0 Å². The third-order valence-corrected chi connectivity index (χ3v) is 5.58. The van der Waals surface area contributed by atoms with Crippen molar-refractivity contribution in [2.75, 3.05) is 45.8 Å². The largest absolute Gasteiger partial charge is 0.357 e. The van der Waals surface area contributed by atoms with Crippen LogP contribution < -0.4 is 15.4 Å². The van der Waals surface area contributed by atoms with Crippen molar-refractivity contribution in [3.63, 3.8) is 0 Å². The summed E-state index contributed by atoms with van der Waals surface area (Å²) in [5, 5.41) is 6.49. The zero-order chi connectivity index (χ0) is 18.7. The number of nitrogens with zero attached hydrogens (tertiary/aromatic N) is 3. The summed E-state index contributed by atoms with van der Waals surface area (Å²) < 4.78 is 26.8. The predicted octanol–water partition coefficient (Wildman–Crippen LogP) is 1.02. The number of pyridine rings is 1. The molecule has 0 bridgehead atoms. The normalized spacial score (nSPS) is 15.8. The Morgan fingerprint density at radius 2 is 2.00 bits per heavy atom. The molecule has 8 nitrogen and oxygen atoms in total. The van der Waals surface area contributed by atoms with E-state index in [1.165, 1.54) is 44.6 Å². The SMILES string of the molecule is CCNC(=NCCNS(=O)(=O)c1cccnc1)NCCN1CCCCC1.I. The summed E-state index contributed by atoms with van der Waals surface area (Å²) in [6.07, 6.45) is 6.78. The molecule has 0 spiro atoms. The van der Waals surface area contributed by atoms with Gasteiger partial charge in [-0.15, -0.1) is 24.0 Å². The number of aromatic nitrogens is 1. The highest BCUT2D eigenvalue weighted by Crippen LogP contribution is 2.07. The molecule has 0 saturated carbocycles. The average molecular weight is 510 g/mol. The van der Waals surface area contributed by atoms with E-state index in [2.05, 4.69) is 30.2 Å². The Balaban J connectivity index is 0.00000364. The molecule has 27 heavy (non-hydrogen) atoms. The molecule has 154 valence electrons. The number of guanidine groups is 1. The van der Waals surface area contributed by atoms with E-state index in [0.29, 0.717) is 12.5 Å². The van der Waals surface area contributed by atoms with Crippen LogP contribution in [0.5, 0.6) is 0 Å². The Labute approximate surface area is 179 Å². The number of sulfonamides is 1. The minimum Gasteiger partial charge on any atom is -0.357 e. The maximum atomic E-state index is 12.1. The number of rotatable bonds is 9. The smallest absolute Gasteiger partial charge is 0.242 e. The number of hydrogen-bond acceptors (Lipinski definition) is 5. The van der Waals surface area contributed by atoms with Gasteiger partial charge in [-0.25, -0.2) is 13.1 Å². The van der Waals surface area contributed by atoms with E-state index in [0.717, 1.165) is 19.6 Å². The molecule has 3 N–H and O–H groups in total. The van der Waals surface area contributed by atoms with Crippen LogP contribution in [0.4, 0.5) is 0 Å². The summed E-state index contributed by atoms with van der Waals surface area (Å²) in [5.41, 5.74) is 0. The maximum absolute atomic E-state index is 12.1. The molecule has 1 aliphatic heterocycles. The van der Waals surface area contributed by atoms with Crippen LogP contribution in [0.2, 0.25) is 0 Å². The lowest BCUT2D eigenvalue weighted by molar-refractivity contribution is 0.232. The molecule has 0 amide bonds. The second-order valence-electron chi connectivity index (χ2n) is 6.18. The van der Waals surface area contributed by atoms with E-state index < -0.39 is 10.0 Å². The molecule has 2 heterocycles. The number of hydrogen-bond donors (Lipinski definition) is 3. The first kappa shape index (κ1) is 24.1. The van der Waals surface area contributed by atoms with Crippen LogP contribution in [-0.2, 0) is 10.0 Å². The van der Waals surface area contributed by atoms with Gasteiger partial charge in [-0.05, 0) is 45.0 Å². The van der Waals surface area contributed by atoms with Crippen LogP contribution in [0.1, 0.15) is 26.2 Å². The first-order valence-electron chi connectivity index (χ1n) is 9.26. The molecule has 0 aromatic carbocycles. The van der Waals surface area contributed by atoms with Gasteiger partial charge in [-0.3, -0.25) is 9.98 Å². The highest BCUT2D eigenvalue weighted by atomic mass is 127. The lowest BCUT2D eigenvalue weighted by atomic mass is 10.1. The summed E-state index contributed by atoms with van der Waals surface area (Å²) in [4.78, 5) is 10.9. The van der Waals surface area contributed by atoms with Gasteiger partial charge < -0.3 is 15.5 Å². The van der Waals surface area contributed by atoms with E-state index in [9.17, 15) is 8.42 Å². The lowest BCUT2D eigenvalue weighted by Gasteiger charge is -2.26. The number of halogens is 1. The number of likely N-dealkylation sites (tertiary alicyclic amines) is 1. The fraction of sp³-hybridized carbons (Fsp3) is 0.647. The van der Waals surface area contributed by atoms with Crippen LogP contribution in [0.15, 0.2) is 34.4 Å². The molecule has 0 unspecified atom stereocenters. The summed E-state index contributed by atoms with van der Waals surface area (Å²) in [7, 11) is -3.53. The molecule has 0 radical (unpaired) electrons. The molecule has 2 rings (SSSR count). The van der Waals surface area contributed by atoms with Gasteiger partial charge in [-0.1, -0.05) is 6.42 Å². The average Bonchev–Trinajstić information content (AvgIpc) is 2.67. The standard InChI is InChI=1S/C17H30N6O2S.HI/c1-2-19-17(21-11-14-23-12-4-3-5-13-23)20-9-10-22-26(24,25)16-7-6-8-18-15-16;/h6-8,15,22H,2-5,9-14H2,1H3,(H2,19,20,21);1H. The maximum Gasteiger partial charge on any atom is 0.242 e. The van der Waals surface area contributed by atoms with Crippen molar-refractivity contribution in [3.05, 3.63) is 24.5 Å². The van der Waals surface area contributed by atoms with Crippen LogP contribution in [0.3, 0.4) is 0 Å². The highest BCUT2D eigenvalue weighted by molar-refractivity contribution is 14.0. The topological polar surface area (TPSA) is 98.7 Å². The van der Waals surface area contributed by atoms with Gasteiger partial charge in [0.15, 0.2) is 5.96 Å². The first-order valence-corrected chi connectivity index (χ1v) is 10.7. The van der Waals surface area contributed by atoms with Gasteiger partial charge in [0.25, 0.3) is 0 Å². The zero-order valence-corrected chi connectivity index (χ0v) is 19.0. The Morgan fingerprint density at radius 1 is 1.22 bits per heavy atom. The van der Waals surface area contributed by atoms with Gasteiger partial charge in [0.05, 0.1) is 6.54 Å². The van der Waals surface area contributed by atoms with Gasteiger partial charge in [0, 0.05) is 38.6 Å². The van der Waals surface area contributed by atoms with Crippen molar-refractivity contribution in [3.8, 4) is 0 Å². The third kappa shape index (κ3) is 9.17. The highest BCUT2D eigenvalue weighted by Gasteiger charge is 2.13. The predicted molar refractivity (Wildman–Crippen MR) is 119 cm³/mol. The Kier molecular flexibility index (Phi) is 11.8. The monoisotopic (exact) mass is 510 g/mol. The Morgan fingerprint density at radius 3 is 2.67 bits per heavy atom. The van der Waals surface area contributed by atoms with Crippen molar-refractivity contribution in [2.24, 2.45) is 4.99 Å². The van der Waals surface area contributed by atoms with Gasteiger partial charge in [0.1, 0.15) is 4.90 Å². The molecule has 0 atom stereocenters. The lowest BCUT2D eigenvalue weighted by Crippen LogP contribution is -2.43. The molecular formula is C17H31IN6O2S. The van der Waals surface area contributed by atoms with Crippen molar-refractivity contribution in [1.29, 1.82) is 0 Å². The minimum absolute atomic E-state index is 0. The second-order valence-corrected chi connectivity index (χ2v) is 7.94. The van der Waals surface area contributed by atoms with Crippen molar-refractivity contribution in [2.45, 2.75) is 31.1 Å². The number of piperidine rings is 1. The molecule has 1 fully saturated rings. The quantitative estimate of drug-likeness (QED) is 0.199. The van der Waals surface area contributed by atoms with E-state index in [1.54, 1.807) is 12.3 Å². The second kappa shape index (κ2) is 13.2. The number of nitrogens with one attached hydrogen (secondary N) is 3. The van der Waals surface area contributed by atoms with E-state index in [1.807, 2.05) is 6.92 Å². The molecule has 10 heteroatoms. The van der Waals surface area contributed by atoms with Crippen LogP contribution in [0, 0.1) is 0 Å². The molecule has 1 aromatic heterocycles. The molecular weight excluding hydrogens is 479 g/mol. The van der Waals surface area contributed by atoms with Crippen LogP contribution >= 0.6 is 24.0 Å². The summed E-state index contributed by atoms with van der Waals surface area (Å²) in [6.45, 7) is 7.53. The molecule has 0 aliphatic carbocycles. The van der Waals surface area contributed by atoms with Gasteiger partial charge >= 0.3 is 0 Å². The van der Waals surface area contributed by atoms with Gasteiger partial charge in [0.2, 0.25) is 10.0 Å².